The zero-order valence-electron chi connectivity index (χ0n) is 14.6. The van der Waals surface area contributed by atoms with Crippen LogP contribution in [0.25, 0.3) is 22.0 Å². The van der Waals surface area contributed by atoms with Crippen molar-refractivity contribution in [2.75, 3.05) is 0 Å². The minimum absolute atomic E-state index is 0.334. The van der Waals surface area contributed by atoms with E-state index in [1.54, 1.807) is 6.21 Å². The predicted octanol–water partition coefficient (Wildman–Crippen LogP) is 6.01. The molecule has 4 rings (SSSR count). The van der Waals surface area contributed by atoms with Crippen molar-refractivity contribution in [2.45, 2.75) is 0 Å². The molecule has 0 aliphatic carbocycles. The standard InChI is InChI=1S/C22H15BrClN3O/c23-15-11-9-14(10-12-15)13-25-27-22(28)21-20(16-5-1-3-7-18(16)24)17-6-2-4-8-19(17)26-21/h1-13,26H,(H,27,28). The number of nitrogens with one attached hydrogen (secondary N) is 2. The fourth-order valence-corrected chi connectivity index (χ4v) is 3.52. The summed E-state index contributed by atoms with van der Waals surface area (Å²) in [6.45, 7) is 0. The van der Waals surface area contributed by atoms with E-state index in [9.17, 15) is 4.79 Å². The first-order valence-corrected chi connectivity index (χ1v) is 9.75. The quantitative estimate of drug-likeness (QED) is 0.289. The molecule has 0 spiro atoms. The highest BCUT2D eigenvalue weighted by molar-refractivity contribution is 9.10. The third kappa shape index (κ3) is 3.72. The van der Waals surface area contributed by atoms with Gasteiger partial charge < -0.3 is 4.98 Å². The average molecular weight is 453 g/mol. The van der Waals surface area contributed by atoms with E-state index in [-0.39, 0.29) is 5.91 Å². The number of para-hydroxylation sites is 1. The molecule has 0 saturated carbocycles. The third-order valence-electron chi connectivity index (χ3n) is 4.33. The summed E-state index contributed by atoms with van der Waals surface area (Å²) in [4.78, 5) is 16.1. The maximum Gasteiger partial charge on any atom is 0.288 e. The van der Waals surface area contributed by atoms with Gasteiger partial charge in [-0.05, 0) is 29.8 Å². The number of H-pyrrole nitrogens is 1. The van der Waals surface area contributed by atoms with E-state index in [0.29, 0.717) is 10.7 Å². The molecule has 138 valence electrons. The first-order chi connectivity index (χ1) is 13.6. The largest absolute Gasteiger partial charge is 0.350 e. The number of hydrazone groups is 1. The van der Waals surface area contributed by atoms with Crippen LogP contribution in [0.2, 0.25) is 5.02 Å². The molecule has 4 aromatic rings. The lowest BCUT2D eigenvalue weighted by Gasteiger charge is -2.06. The molecule has 1 heterocycles. The topological polar surface area (TPSA) is 57.2 Å². The number of hydrogen-bond acceptors (Lipinski definition) is 2. The fraction of sp³-hybridized carbons (Fsp3) is 0. The van der Waals surface area contributed by atoms with Crippen molar-refractivity contribution in [3.8, 4) is 11.1 Å². The Hall–Kier alpha value is -2.89. The Bertz CT molecular complexity index is 1180. The Labute approximate surface area is 175 Å². The number of halogens is 2. The number of fused-ring (bicyclic) bond motifs is 1. The Kier molecular flexibility index (Phi) is 5.28. The second kappa shape index (κ2) is 8.00. The average Bonchev–Trinajstić information content (AvgIpc) is 3.09. The second-order valence-electron chi connectivity index (χ2n) is 6.15. The normalized spacial score (nSPS) is 11.2. The first kappa shape index (κ1) is 18.5. The van der Waals surface area contributed by atoms with Crippen LogP contribution in [0.4, 0.5) is 0 Å². The first-order valence-electron chi connectivity index (χ1n) is 8.58. The van der Waals surface area contributed by atoms with Gasteiger partial charge in [-0.2, -0.15) is 5.10 Å². The van der Waals surface area contributed by atoms with Crippen LogP contribution in [0.15, 0.2) is 82.4 Å². The highest BCUT2D eigenvalue weighted by atomic mass is 79.9. The van der Waals surface area contributed by atoms with Gasteiger partial charge in [-0.15, -0.1) is 0 Å². The summed E-state index contributed by atoms with van der Waals surface area (Å²) in [5, 5.41) is 5.59. The van der Waals surface area contributed by atoms with E-state index < -0.39 is 0 Å². The summed E-state index contributed by atoms with van der Waals surface area (Å²) in [6.07, 6.45) is 1.60. The van der Waals surface area contributed by atoms with Gasteiger partial charge in [-0.1, -0.05) is 76.1 Å². The molecule has 1 amide bonds. The number of aromatic amines is 1. The van der Waals surface area contributed by atoms with E-state index in [2.05, 4.69) is 31.4 Å². The lowest BCUT2D eigenvalue weighted by molar-refractivity contribution is 0.0951. The zero-order chi connectivity index (χ0) is 19.5. The van der Waals surface area contributed by atoms with Crippen LogP contribution in [-0.2, 0) is 0 Å². The number of rotatable bonds is 4. The minimum atomic E-state index is -0.334. The molecule has 0 bridgehead atoms. The smallest absolute Gasteiger partial charge is 0.288 e. The number of nitrogens with zero attached hydrogens (tertiary/aromatic N) is 1. The fourth-order valence-electron chi connectivity index (χ4n) is 3.03. The second-order valence-corrected chi connectivity index (χ2v) is 7.47. The lowest BCUT2D eigenvalue weighted by atomic mass is 10.0. The monoisotopic (exact) mass is 451 g/mol. The van der Waals surface area contributed by atoms with Gasteiger partial charge >= 0.3 is 0 Å². The minimum Gasteiger partial charge on any atom is -0.350 e. The number of aromatic nitrogens is 1. The lowest BCUT2D eigenvalue weighted by Crippen LogP contribution is -2.18. The molecule has 0 atom stereocenters. The molecular weight excluding hydrogens is 438 g/mol. The molecule has 0 saturated heterocycles. The molecule has 28 heavy (non-hydrogen) atoms. The summed E-state index contributed by atoms with van der Waals surface area (Å²) in [7, 11) is 0. The van der Waals surface area contributed by atoms with Crippen molar-refractivity contribution in [2.24, 2.45) is 5.10 Å². The molecule has 3 aromatic carbocycles. The molecule has 1 aromatic heterocycles. The predicted molar refractivity (Wildman–Crippen MR) is 118 cm³/mol. The number of carbonyl (C=O) groups is 1. The van der Waals surface area contributed by atoms with Crippen molar-refractivity contribution in [3.63, 3.8) is 0 Å². The number of benzene rings is 3. The number of hydrogen-bond donors (Lipinski definition) is 2. The Morgan fingerprint density at radius 2 is 1.71 bits per heavy atom. The van der Waals surface area contributed by atoms with Crippen LogP contribution in [0.5, 0.6) is 0 Å². The molecular formula is C22H15BrClN3O. The molecule has 4 nitrogen and oxygen atoms in total. The van der Waals surface area contributed by atoms with Gasteiger partial charge in [0.25, 0.3) is 5.91 Å². The van der Waals surface area contributed by atoms with Gasteiger partial charge in [0.1, 0.15) is 5.69 Å². The maximum atomic E-state index is 12.9. The van der Waals surface area contributed by atoms with Crippen LogP contribution >= 0.6 is 27.5 Å². The van der Waals surface area contributed by atoms with Gasteiger partial charge in [-0.25, -0.2) is 5.43 Å². The molecule has 0 unspecified atom stereocenters. The van der Waals surface area contributed by atoms with Crippen molar-refractivity contribution in [1.29, 1.82) is 0 Å². The maximum absolute atomic E-state index is 12.9. The van der Waals surface area contributed by atoms with Gasteiger partial charge in [0, 0.05) is 31.5 Å². The van der Waals surface area contributed by atoms with Gasteiger partial charge in [-0.3, -0.25) is 4.79 Å². The van der Waals surface area contributed by atoms with Crippen molar-refractivity contribution in [3.05, 3.63) is 93.5 Å². The van der Waals surface area contributed by atoms with Crippen LogP contribution in [0, 0.1) is 0 Å². The van der Waals surface area contributed by atoms with Gasteiger partial charge in [0.05, 0.1) is 6.21 Å². The van der Waals surface area contributed by atoms with Gasteiger partial charge in [0.15, 0.2) is 0 Å². The Morgan fingerprint density at radius 1 is 1.00 bits per heavy atom. The molecule has 0 fully saturated rings. The Morgan fingerprint density at radius 3 is 2.50 bits per heavy atom. The highest BCUT2D eigenvalue weighted by Crippen LogP contribution is 2.36. The van der Waals surface area contributed by atoms with E-state index in [1.165, 1.54) is 0 Å². The SMILES string of the molecule is O=C(NN=Cc1ccc(Br)cc1)c1[nH]c2ccccc2c1-c1ccccc1Cl. The summed E-state index contributed by atoms with van der Waals surface area (Å²) in [6, 6.07) is 22.9. The van der Waals surface area contributed by atoms with Crippen molar-refractivity contribution in [1.82, 2.24) is 10.4 Å². The van der Waals surface area contributed by atoms with Crippen LogP contribution in [-0.4, -0.2) is 17.1 Å². The van der Waals surface area contributed by atoms with E-state index in [1.807, 2.05) is 72.8 Å². The molecule has 0 aliphatic rings. The summed E-state index contributed by atoms with van der Waals surface area (Å²) >= 11 is 9.80. The highest BCUT2D eigenvalue weighted by Gasteiger charge is 2.20. The molecule has 2 N–H and O–H groups in total. The zero-order valence-corrected chi connectivity index (χ0v) is 17.0. The van der Waals surface area contributed by atoms with E-state index in [0.717, 1.165) is 32.1 Å². The summed E-state index contributed by atoms with van der Waals surface area (Å²) in [5.41, 5.74) is 6.31. The van der Waals surface area contributed by atoms with Gasteiger partial charge in [0.2, 0.25) is 0 Å². The van der Waals surface area contributed by atoms with Crippen LogP contribution < -0.4 is 5.43 Å². The molecule has 0 radical (unpaired) electrons. The van der Waals surface area contributed by atoms with E-state index in [4.69, 9.17) is 11.6 Å². The van der Waals surface area contributed by atoms with Crippen LogP contribution in [0.1, 0.15) is 16.1 Å². The van der Waals surface area contributed by atoms with Crippen molar-refractivity contribution < 1.29 is 4.79 Å². The summed E-state index contributed by atoms with van der Waals surface area (Å²) < 4.78 is 0.983. The molecule has 0 aliphatic heterocycles. The molecule has 6 heteroatoms. The number of carbonyl (C=O) groups excluding carboxylic acids is 1. The van der Waals surface area contributed by atoms with Crippen molar-refractivity contribution >= 4 is 50.6 Å². The number of amides is 1. The van der Waals surface area contributed by atoms with E-state index >= 15 is 0 Å². The summed E-state index contributed by atoms with van der Waals surface area (Å²) in [5.74, 6) is -0.334. The van der Waals surface area contributed by atoms with Crippen LogP contribution in [0.3, 0.4) is 0 Å². The Balaban J connectivity index is 1.70. The third-order valence-corrected chi connectivity index (χ3v) is 5.18.